The molecule has 0 saturated carbocycles. The molecule has 0 fully saturated rings. The van der Waals surface area contributed by atoms with E-state index in [-0.39, 0.29) is 19.5 Å². The highest BCUT2D eigenvalue weighted by molar-refractivity contribution is 8.05. The van der Waals surface area contributed by atoms with Gasteiger partial charge in [-0.15, -0.1) is 0 Å². The lowest BCUT2D eigenvalue weighted by Crippen LogP contribution is -2.02. The van der Waals surface area contributed by atoms with E-state index in [9.17, 15) is 4.57 Å². The third kappa shape index (κ3) is 10.7. The Morgan fingerprint density at radius 1 is 0.462 bits per heavy atom. The van der Waals surface area contributed by atoms with Crippen LogP contribution in [0.3, 0.4) is 0 Å². The Balaban J connectivity index is 1.68. The van der Waals surface area contributed by atoms with E-state index < -0.39 is 7.60 Å². The number of nitrogens with zero attached hydrogens (tertiary/aromatic N) is 1. The second-order valence-electron chi connectivity index (χ2n) is 11.0. The SMILES string of the molecule is CCOP(=O)(C/N=C\c1c(Sc2ccccc2)c(Sc2ccccc2)c(Sc2ccccc2)c(Sc2ccccc2)c1Sc1ccccc1)OCC. The van der Waals surface area contributed by atoms with Gasteiger partial charge in [-0.25, -0.2) is 0 Å². The van der Waals surface area contributed by atoms with Crippen LogP contribution in [0, 0.1) is 0 Å². The summed E-state index contributed by atoms with van der Waals surface area (Å²) in [5, 5.41) is 0. The van der Waals surface area contributed by atoms with Crippen LogP contribution in [-0.2, 0) is 13.6 Å². The molecule has 0 atom stereocenters. The van der Waals surface area contributed by atoms with Crippen LogP contribution in [0.4, 0.5) is 0 Å². The van der Waals surface area contributed by atoms with Crippen molar-refractivity contribution in [1.29, 1.82) is 0 Å². The smallest absolute Gasteiger partial charge is 0.308 e. The zero-order valence-electron chi connectivity index (χ0n) is 28.8. The summed E-state index contributed by atoms with van der Waals surface area (Å²) < 4.78 is 24.9. The highest BCUT2D eigenvalue weighted by Crippen LogP contribution is 2.56. The van der Waals surface area contributed by atoms with Gasteiger partial charge in [0.2, 0.25) is 0 Å². The van der Waals surface area contributed by atoms with Crippen LogP contribution in [0.5, 0.6) is 0 Å². The lowest BCUT2D eigenvalue weighted by atomic mass is 10.2. The first-order valence-electron chi connectivity index (χ1n) is 16.8. The van der Waals surface area contributed by atoms with Gasteiger partial charge in [-0.05, 0) is 74.5 Å². The van der Waals surface area contributed by atoms with Crippen molar-refractivity contribution in [2.75, 3.05) is 19.5 Å². The molecule has 0 aliphatic rings. The maximum Gasteiger partial charge on any atom is 0.351 e. The fourth-order valence-corrected chi connectivity index (χ4v) is 12.3. The predicted octanol–water partition coefficient (Wildman–Crippen LogP) is 14.1. The molecule has 0 spiro atoms. The van der Waals surface area contributed by atoms with E-state index in [1.807, 2.05) is 44.3 Å². The minimum Gasteiger partial charge on any atom is -0.308 e. The molecular weight excluding hydrogens is 758 g/mol. The Bertz CT molecular complexity index is 1970. The van der Waals surface area contributed by atoms with Gasteiger partial charge in [-0.2, -0.15) is 0 Å². The number of aliphatic imine (C=N–C) groups is 1. The van der Waals surface area contributed by atoms with Gasteiger partial charge in [0.15, 0.2) is 0 Å². The zero-order valence-corrected chi connectivity index (χ0v) is 33.8. The summed E-state index contributed by atoms with van der Waals surface area (Å²) in [6, 6.07) is 52.5. The molecule has 0 aromatic heterocycles. The molecule has 6 aromatic rings. The largest absolute Gasteiger partial charge is 0.351 e. The maximum absolute atomic E-state index is 13.6. The Hall–Kier alpha value is -3.11. The van der Waals surface area contributed by atoms with Crippen molar-refractivity contribution in [3.05, 3.63) is 157 Å². The van der Waals surface area contributed by atoms with Crippen molar-refractivity contribution >= 4 is 72.6 Å². The zero-order chi connectivity index (χ0) is 36.0. The average Bonchev–Trinajstić information content (AvgIpc) is 3.17. The Kier molecular flexibility index (Phi) is 14.7. The molecule has 0 bridgehead atoms. The second kappa shape index (κ2) is 19.8. The summed E-state index contributed by atoms with van der Waals surface area (Å²) in [5.74, 6) is 0. The molecule has 0 N–H and O–H groups in total. The van der Waals surface area contributed by atoms with Crippen LogP contribution in [-0.4, -0.2) is 25.7 Å². The lowest BCUT2D eigenvalue weighted by molar-refractivity contribution is 0.221. The molecular formula is C42H38NO3PS5. The molecule has 6 aromatic carbocycles. The predicted molar refractivity (Wildman–Crippen MR) is 223 cm³/mol. The third-order valence-electron chi connectivity index (χ3n) is 7.26. The van der Waals surface area contributed by atoms with Gasteiger partial charge in [0.1, 0.15) is 6.29 Å². The third-order valence-corrected chi connectivity index (χ3v) is 15.2. The number of benzene rings is 6. The lowest BCUT2D eigenvalue weighted by Gasteiger charge is -2.24. The van der Waals surface area contributed by atoms with Crippen molar-refractivity contribution in [3.8, 4) is 0 Å². The van der Waals surface area contributed by atoms with Gasteiger partial charge in [-0.3, -0.25) is 9.56 Å². The summed E-state index contributed by atoms with van der Waals surface area (Å²) in [6.07, 6.45) is 1.81. The number of hydrogen-bond acceptors (Lipinski definition) is 9. The van der Waals surface area contributed by atoms with Gasteiger partial charge in [0.05, 0.1) is 13.2 Å². The Labute approximate surface area is 328 Å². The monoisotopic (exact) mass is 795 g/mol. The Morgan fingerprint density at radius 3 is 1.02 bits per heavy atom. The number of hydrogen-bond donors (Lipinski definition) is 0. The van der Waals surface area contributed by atoms with E-state index in [0.29, 0.717) is 0 Å². The van der Waals surface area contributed by atoms with E-state index in [2.05, 4.69) is 127 Å². The molecule has 0 aliphatic carbocycles. The van der Waals surface area contributed by atoms with Crippen LogP contribution >= 0.6 is 66.4 Å². The van der Waals surface area contributed by atoms with Crippen LogP contribution in [0.15, 0.2) is 206 Å². The van der Waals surface area contributed by atoms with Crippen molar-refractivity contribution in [1.82, 2.24) is 0 Å². The number of rotatable bonds is 17. The molecule has 0 amide bonds. The van der Waals surface area contributed by atoms with Crippen LogP contribution in [0.1, 0.15) is 19.4 Å². The fraction of sp³-hybridized carbons (Fsp3) is 0.119. The normalized spacial score (nSPS) is 11.7. The van der Waals surface area contributed by atoms with Crippen molar-refractivity contribution in [2.24, 2.45) is 4.99 Å². The first-order chi connectivity index (χ1) is 25.5. The highest BCUT2D eigenvalue weighted by Gasteiger charge is 2.28. The molecule has 0 heterocycles. The molecule has 0 aliphatic heterocycles. The first kappa shape index (κ1) is 38.6. The fourth-order valence-electron chi connectivity index (χ4n) is 5.03. The minimum atomic E-state index is -3.43. The Morgan fingerprint density at radius 2 is 0.731 bits per heavy atom. The van der Waals surface area contributed by atoms with Crippen molar-refractivity contribution < 1.29 is 13.6 Å². The molecule has 264 valence electrons. The average molecular weight is 796 g/mol. The summed E-state index contributed by atoms with van der Waals surface area (Å²) in [7, 11) is -3.43. The van der Waals surface area contributed by atoms with Crippen molar-refractivity contribution in [2.45, 2.75) is 62.8 Å². The van der Waals surface area contributed by atoms with E-state index in [4.69, 9.17) is 14.0 Å². The topological polar surface area (TPSA) is 47.9 Å². The van der Waals surface area contributed by atoms with Gasteiger partial charge >= 0.3 is 7.60 Å². The molecule has 0 radical (unpaired) electrons. The van der Waals surface area contributed by atoms with E-state index in [1.54, 1.807) is 58.8 Å². The quantitative estimate of drug-likeness (QED) is 0.0668. The summed E-state index contributed by atoms with van der Waals surface area (Å²) in [4.78, 5) is 16.1. The minimum absolute atomic E-state index is 0.0809. The molecule has 10 heteroatoms. The van der Waals surface area contributed by atoms with Crippen LogP contribution in [0.2, 0.25) is 0 Å². The van der Waals surface area contributed by atoms with E-state index in [0.717, 1.165) is 54.5 Å². The van der Waals surface area contributed by atoms with Gasteiger partial charge in [0, 0.05) is 60.7 Å². The molecule has 6 rings (SSSR count). The van der Waals surface area contributed by atoms with E-state index in [1.165, 1.54) is 0 Å². The first-order valence-corrected chi connectivity index (χ1v) is 22.6. The van der Waals surface area contributed by atoms with Gasteiger partial charge in [-0.1, -0.05) is 150 Å². The second-order valence-corrected chi connectivity index (χ2v) is 18.5. The highest BCUT2D eigenvalue weighted by atomic mass is 32.2. The van der Waals surface area contributed by atoms with Gasteiger partial charge in [0.25, 0.3) is 0 Å². The van der Waals surface area contributed by atoms with E-state index >= 15 is 0 Å². The summed E-state index contributed by atoms with van der Waals surface area (Å²) in [6.45, 7) is 4.19. The molecule has 0 saturated heterocycles. The van der Waals surface area contributed by atoms with Crippen LogP contribution < -0.4 is 0 Å². The van der Waals surface area contributed by atoms with Crippen molar-refractivity contribution in [3.63, 3.8) is 0 Å². The van der Waals surface area contributed by atoms with Crippen LogP contribution in [0.25, 0.3) is 0 Å². The van der Waals surface area contributed by atoms with Gasteiger partial charge < -0.3 is 9.05 Å². The summed E-state index contributed by atoms with van der Waals surface area (Å²) in [5.41, 5.74) is 0.955. The summed E-state index contributed by atoms with van der Waals surface area (Å²) >= 11 is 8.75. The maximum atomic E-state index is 13.6. The molecule has 52 heavy (non-hydrogen) atoms. The molecule has 0 unspecified atom stereocenters. The molecule has 4 nitrogen and oxygen atoms in total. The standard InChI is InChI=1S/C42H38NO3PS5/c1-3-45-47(44,46-4-2)31-43-30-37-38(48-32-20-10-5-11-21-32)40(50-34-24-14-7-15-25-34)42(52-36-28-18-9-19-29-36)41(51-35-26-16-8-17-27-35)39(37)49-33-22-12-6-13-23-33/h5-30H,3-4,31H2,1-2H3/b43-30-.